The molecule has 0 amide bonds. The summed E-state index contributed by atoms with van der Waals surface area (Å²) >= 11 is 0. The molecule has 0 atom stereocenters. The number of aryl methyl sites for hydroxylation is 1. The molecule has 2 rings (SSSR count). The zero-order chi connectivity index (χ0) is 12.1. The van der Waals surface area contributed by atoms with Gasteiger partial charge in [0.15, 0.2) is 5.82 Å². The van der Waals surface area contributed by atoms with Crippen molar-refractivity contribution in [2.75, 3.05) is 11.9 Å². The predicted molar refractivity (Wildman–Crippen MR) is 64.0 cm³/mol. The van der Waals surface area contributed by atoms with Crippen LogP contribution < -0.4 is 10.1 Å². The highest BCUT2D eigenvalue weighted by atomic mass is 16.5. The maximum Gasteiger partial charge on any atom is 0.223 e. The van der Waals surface area contributed by atoms with Crippen molar-refractivity contribution in [2.24, 2.45) is 0 Å². The fourth-order valence-corrected chi connectivity index (χ4v) is 1.48. The lowest BCUT2D eigenvalue weighted by molar-refractivity contribution is 0.341. The highest BCUT2D eigenvalue weighted by molar-refractivity contribution is 5.56. The first-order valence-corrected chi connectivity index (χ1v) is 5.54. The molecule has 0 unspecified atom stereocenters. The maximum absolute atomic E-state index is 5.50. The highest BCUT2D eigenvalue weighted by Crippen LogP contribution is 2.23. The van der Waals surface area contributed by atoms with Crippen molar-refractivity contribution in [3.63, 3.8) is 0 Å². The number of nitrogens with zero attached hydrogens (tertiary/aromatic N) is 2. The van der Waals surface area contributed by atoms with Gasteiger partial charge in [-0.15, -0.1) is 0 Å². The molecule has 5 heteroatoms. The minimum Gasteiger partial charge on any atom is -0.492 e. The molecule has 0 spiro atoms. The summed E-state index contributed by atoms with van der Waals surface area (Å²) in [5.41, 5.74) is 0.928. The van der Waals surface area contributed by atoms with Crippen molar-refractivity contribution in [2.45, 2.75) is 20.4 Å². The molecular formula is C12H15N3O2. The van der Waals surface area contributed by atoms with Gasteiger partial charge < -0.3 is 14.6 Å². The van der Waals surface area contributed by atoms with Crippen LogP contribution in [0.1, 0.15) is 18.6 Å². The van der Waals surface area contributed by atoms with E-state index in [1.165, 1.54) is 0 Å². The number of anilines is 1. The molecule has 0 aliphatic carbocycles. The van der Waals surface area contributed by atoms with Crippen LogP contribution in [0.3, 0.4) is 0 Å². The molecule has 5 nitrogen and oxygen atoms in total. The van der Waals surface area contributed by atoms with Crippen molar-refractivity contribution in [1.29, 1.82) is 0 Å². The largest absolute Gasteiger partial charge is 0.492 e. The van der Waals surface area contributed by atoms with Gasteiger partial charge in [0.25, 0.3) is 0 Å². The maximum atomic E-state index is 5.50. The minimum absolute atomic E-state index is 0.515. The summed E-state index contributed by atoms with van der Waals surface area (Å²) < 4.78 is 10.4. The van der Waals surface area contributed by atoms with Crippen LogP contribution in [0.2, 0.25) is 0 Å². The van der Waals surface area contributed by atoms with E-state index in [9.17, 15) is 0 Å². The third kappa shape index (κ3) is 2.96. The Kier molecular flexibility index (Phi) is 3.59. The standard InChI is InChI=1S/C12H15N3O2/c1-3-16-11-7-5-4-6-10(11)13-8-12-14-9(2)17-15-12/h4-7,13H,3,8H2,1-2H3. The second kappa shape index (κ2) is 5.34. The van der Waals surface area contributed by atoms with E-state index in [0.29, 0.717) is 24.9 Å². The van der Waals surface area contributed by atoms with Crippen molar-refractivity contribution in [3.8, 4) is 5.75 Å². The summed E-state index contributed by atoms with van der Waals surface area (Å²) in [7, 11) is 0. The van der Waals surface area contributed by atoms with Gasteiger partial charge in [-0.3, -0.25) is 0 Å². The summed E-state index contributed by atoms with van der Waals surface area (Å²) in [6, 6.07) is 7.77. The molecule has 1 N–H and O–H groups in total. The van der Waals surface area contributed by atoms with E-state index < -0.39 is 0 Å². The molecule has 0 saturated carbocycles. The van der Waals surface area contributed by atoms with Gasteiger partial charge in [-0.25, -0.2) is 0 Å². The van der Waals surface area contributed by atoms with Crippen LogP contribution in [0, 0.1) is 6.92 Å². The SMILES string of the molecule is CCOc1ccccc1NCc1noc(C)n1. The van der Waals surface area contributed by atoms with E-state index in [1.54, 1.807) is 6.92 Å². The van der Waals surface area contributed by atoms with Crippen LogP contribution >= 0.6 is 0 Å². The molecule has 0 saturated heterocycles. The molecule has 0 fully saturated rings. The van der Waals surface area contributed by atoms with Crippen LogP contribution in [-0.2, 0) is 6.54 Å². The molecule has 0 radical (unpaired) electrons. The Balaban J connectivity index is 2.03. The van der Waals surface area contributed by atoms with Crippen molar-refractivity contribution < 1.29 is 9.26 Å². The lowest BCUT2D eigenvalue weighted by Crippen LogP contribution is -2.03. The summed E-state index contributed by atoms with van der Waals surface area (Å²) in [6.45, 7) is 4.88. The summed E-state index contributed by atoms with van der Waals surface area (Å²) in [4.78, 5) is 4.12. The average molecular weight is 233 g/mol. The lowest BCUT2D eigenvalue weighted by Gasteiger charge is -2.10. The normalized spacial score (nSPS) is 10.2. The summed E-state index contributed by atoms with van der Waals surface area (Å²) in [6.07, 6.45) is 0. The monoisotopic (exact) mass is 233 g/mol. The first kappa shape index (κ1) is 11.4. The quantitative estimate of drug-likeness (QED) is 0.859. The van der Waals surface area contributed by atoms with E-state index in [-0.39, 0.29) is 0 Å². The molecule has 0 aliphatic heterocycles. The van der Waals surface area contributed by atoms with Gasteiger partial charge in [-0.1, -0.05) is 17.3 Å². The number of rotatable bonds is 5. The third-order valence-corrected chi connectivity index (χ3v) is 2.19. The van der Waals surface area contributed by atoms with E-state index in [1.807, 2.05) is 31.2 Å². The van der Waals surface area contributed by atoms with Gasteiger partial charge >= 0.3 is 0 Å². The van der Waals surface area contributed by atoms with Crippen molar-refractivity contribution in [3.05, 3.63) is 36.0 Å². The Labute approximate surface area is 99.8 Å². The third-order valence-electron chi connectivity index (χ3n) is 2.19. The van der Waals surface area contributed by atoms with Crippen LogP contribution in [0.25, 0.3) is 0 Å². The van der Waals surface area contributed by atoms with Crippen LogP contribution in [-0.4, -0.2) is 16.7 Å². The van der Waals surface area contributed by atoms with E-state index >= 15 is 0 Å². The highest BCUT2D eigenvalue weighted by Gasteiger charge is 2.05. The molecule has 0 bridgehead atoms. The van der Waals surface area contributed by atoms with Crippen LogP contribution in [0.5, 0.6) is 5.75 Å². The zero-order valence-electron chi connectivity index (χ0n) is 9.93. The molecule has 2 aromatic rings. The lowest BCUT2D eigenvalue weighted by atomic mass is 10.3. The van der Waals surface area contributed by atoms with E-state index in [2.05, 4.69) is 15.5 Å². The molecular weight excluding hydrogens is 218 g/mol. The molecule has 1 aromatic carbocycles. The number of benzene rings is 1. The second-order valence-electron chi connectivity index (χ2n) is 3.51. The van der Waals surface area contributed by atoms with Gasteiger partial charge in [-0.2, -0.15) is 4.98 Å². The minimum atomic E-state index is 0.515. The van der Waals surface area contributed by atoms with E-state index in [0.717, 1.165) is 11.4 Å². The topological polar surface area (TPSA) is 60.2 Å². The predicted octanol–water partition coefficient (Wildman–Crippen LogP) is 2.39. The Morgan fingerprint density at radius 3 is 2.88 bits per heavy atom. The van der Waals surface area contributed by atoms with Gasteiger partial charge in [-0.05, 0) is 19.1 Å². The van der Waals surface area contributed by atoms with Gasteiger partial charge in [0, 0.05) is 6.92 Å². The number of hydrogen-bond donors (Lipinski definition) is 1. The fraction of sp³-hybridized carbons (Fsp3) is 0.333. The van der Waals surface area contributed by atoms with Gasteiger partial charge in [0.2, 0.25) is 5.89 Å². The molecule has 1 aromatic heterocycles. The van der Waals surface area contributed by atoms with Crippen molar-refractivity contribution >= 4 is 5.69 Å². The molecule has 90 valence electrons. The van der Waals surface area contributed by atoms with Crippen LogP contribution in [0.15, 0.2) is 28.8 Å². The fourth-order valence-electron chi connectivity index (χ4n) is 1.48. The van der Waals surface area contributed by atoms with Gasteiger partial charge in [0.1, 0.15) is 5.75 Å². The average Bonchev–Trinajstić information content (AvgIpc) is 2.74. The van der Waals surface area contributed by atoms with Gasteiger partial charge in [0.05, 0.1) is 18.8 Å². The Hall–Kier alpha value is -2.04. The number of ether oxygens (including phenoxy) is 1. The Morgan fingerprint density at radius 1 is 1.35 bits per heavy atom. The first-order valence-electron chi connectivity index (χ1n) is 5.54. The molecule has 0 aliphatic rings. The number of aromatic nitrogens is 2. The van der Waals surface area contributed by atoms with Crippen molar-refractivity contribution in [1.82, 2.24) is 10.1 Å². The summed E-state index contributed by atoms with van der Waals surface area (Å²) in [5.74, 6) is 2.03. The first-order chi connectivity index (χ1) is 8.29. The second-order valence-corrected chi connectivity index (χ2v) is 3.51. The molecule has 1 heterocycles. The Morgan fingerprint density at radius 2 is 2.18 bits per heavy atom. The smallest absolute Gasteiger partial charge is 0.223 e. The number of nitrogens with one attached hydrogen (secondary N) is 1. The number of para-hydroxylation sites is 2. The number of hydrogen-bond acceptors (Lipinski definition) is 5. The Bertz CT molecular complexity index is 482. The summed E-state index contributed by atoms with van der Waals surface area (Å²) in [5, 5.41) is 7.03. The zero-order valence-corrected chi connectivity index (χ0v) is 9.93. The van der Waals surface area contributed by atoms with E-state index in [4.69, 9.17) is 9.26 Å². The van der Waals surface area contributed by atoms with Crippen LogP contribution in [0.4, 0.5) is 5.69 Å². The molecule has 17 heavy (non-hydrogen) atoms.